The van der Waals surface area contributed by atoms with Crippen molar-refractivity contribution in [2.75, 3.05) is 31.6 Å². The Bertz CT molecular complexity index is 1120. The number of thiazole rings is 1. The van der Waals surface area contributed by atoms with Crippen LogP contribution in [0.15, 0.2) is 18.2 Å². The van der Waals surface area contributed by atoms with Crippen molar-refractivity contribution < 1.29 is 22.7 Å². The molecule has 1 aromatic carbocycles. The second-order valence-corrected chi connectivity index (χ2v) is 9.00. The maximum Gasteiger partial charge on any atom is 0.270 e. The van der Waals surface area contributed by atoms with Crippen molar-refractivity contribution in [1.82, 2.24) is 14.9 Å². The minimum atomic E-state index is -2.83. The SMILES string of the molecule is O=C(c1cc2c(C(F)F)cc(F)cc2[nH]1)N1CCc2nc(NCC3CCOC3)sc2C1. The third-order valence-corrected chi connectivity index (χ3v) is 6.82. The van der Waals surface area contributed by atoms with Crippen LogP contribution in [0.1, 0.15) is 39.5 Å². The van der Waals surface area contributed by atoms with E-state index in [0.717, 1.165) is 54.0 Å². The third-order valence-electron chi connectivity index (χ3n) is 5.78. The van der Waals surface area contributed by atoms with Crippen LogP contribution in [-0.2, 0) is 17.7 Å². The lowest BCUT2D eigenvalue weighted by Crippen LogP contribution is -2.35. The van der Waals surface area contributed by atoms with Crippen LogP contribution >= 0.6 is 11.3 Å². The average Bonchev–Trinajstić information content (AvgIpc) is 3.48. The van der Waals surface area contributed by atoms with Gasteiger partial charge in [0.2, 0.25) is 0 Å². The molecule has 1 unspecified atom stereocenters. The number of amides is 1. The maximum atomic E-state index is 13.7. The molecule has 2 aliphatic rings. The van der Waals surface area contributed by atoms with Crippen molar-refractivity contribution in [1.29, 1.82) is 0 Å². The Balaban J connectivity index is 1.32. The van der Waals surface area contributed by atoms with Crippen LogP contribution in [0.4, 0.5) is 18.3 Å². The fraction of sp³-hybridized carbons (Fsp3) is 0.429. The molecular weight excluding hydrogens is 429 g/mol. The number of halogens is 3. The molecule has 1 fully saturated rings. The highest BCUT2D eigenvalue weighted by Gasteiger charge is 2.27. The molecule has 4 heterocycles. The van der Waals surface area contributed by atoms with Gasteiger partial charge in [0, 0.05) is 53.4 Å². The van der Waals surface area contributed by atoms with E-state index in [1.807, 2.05) is 0 Å². The van der Waals surface area contributed by atoms with Gasteiger partial charge < -0.3 is 19.9 Å². The number of hydrogen-bond donors (Lipinski definition) is 2. The van der Waals surface area contributed by atoms with E-state index in [0.29, 0.717) is 25.4 Å². The van der Waals surface area contributed by atoms with Gasteiger partial charge in [-0.1, -0.05) is 11.3 Å². The predicted molar refractivity (Wildman–Crippen MR) is 111 cm³/mol. The van der Waals surface area contributed by atoms with Crippen LogP contribution in [0.5, 0.6) is 0 Å². The predicted octanol–water partition coefficient (Wildman–Crippen LogP) is 4.35. The number of carbonyl (C=O) groups is 1. The number of aromatic nitrogens is 2. The summed E-state index contributed by atoms with van der Waals surface area (Å²) in [4.78, 5) is 23.2. The van der Waals surface area contributed by atoms with Crippen LogP contribution in [0.2, 0.25) is 0 Å². The molecule has 2 aromatic heterocycles. The van der Waals surface area contributed by atoms with Crippen molar-refractivity contribution in [3.8, 4) is 0 Å². The van der Waals surface area contributed by atoms with Crippen LogP contribution in [-0.4, -0.2) is 47.1 Å². The summed E-state index contributed by atoms with van der Waals surface area (Å²) >= 11 is 1.53. The number of carbonyl (C=O) groups excluding carboxylic acids is 1. The van der Waals surface area contributed by atoms with Gasteiger partial charge in [-0.05, 0) is 24.6 Å². The van der Waals surface area contributed by atoms with E-state index in [1.54, 1.807) is 4.90 Å². The zero-order chi connectivity index (χ0) is 21.5. The molecule has 0 radical (unpaired) electrons. The van der Waals surface area contributed by atoms with Gasteiger partial charge in [-0.2, -0.15) is 0 Å². The fourth-order valence-corrected chi connectivity index (χ4v) is 5.15. The Morgan fingerprint density at radius 1 is 1.39 bits per heavy atom. The summed E-state index contributed by atoms with van der Waals surface area (Å²) in [7, 11) is 0. The molecule has 0 saturated carbocycles. The number of alkyl halides is 2. The molecule has 2 aliphatic heterocycles. The van der Waals surface area contributed by atoms with E-state index in [9.17, 15) is 18.0 Å². The zero-order valence-corrected chi connectivity index (χ0v) is 17.4. The van der Waals surface area contributed by atoms with E-state index in [2.05, 4.69) is 15.3 Å². The number of benzene rings is 1. The molecular formula is C21H21F3N4O2S. The van der Waals surface area contributed by atoms with Gasteiger partial charge in [-0.15, -0.1) is 0 Å². The number of anilines is 1. The Labute approximate surface area is 180 Å². The normalized spacial score (nSPS) is 18.7. The smallest absolute Gasteiger partial charge is 0.270 e. The minimum absolute atomic E-state index is 0.164. The standard InChI is InChI=1S/C21H21F3N4O2S/c22-12-5-14(19(23)24)13-7-17(26-16(13)6-12)20(29)28-3-1-15-18(9-28)31-21(27-15)25-8-11-2-4-30-10-11/h5-7,11,19,26H,1-4,8-10H2,(H,25,27). The van der Waals surface area contributed by atoms with Crippen molar-refractivity contribution in [2.45, 2.75) is 25.8 Å². The summed E-state index contributed by atoms with van der Waals surface area (Å²) in [5, 5.41) is 4.38. The van der Waals surface area contributed by atoms with Gasteiger partial charge in [0.05, 0.1) is 18.8 Å². The van der Waals surface area contributed by atoms with Gasteiger partial charge in [0.1, 0.15) is 11.5 Å². The lowest BCUT2D eigenvalue weighted by atomic mass is 10.1. The number of nitrogens with one attached hydrogen (secondary N) is 2. The van der Waals surface area contributed by atoms with Gasteiger partial charge in [0.25, 0.3) is 12.3 Å². The summed E-state index contributed by atoms with van der Waals surface area (Å²) < 4.78 is 45.6. The number of hydrogen-bond acceptors (Lipinski definition) is 5. The van der Waals surface area contributed by atoms with Crippen molar-refractivity contribution in [3.05, 3.63) is 45.8 Å². The Kier molecular flexibility index (Phi) is 5.35. The van der Waals surface area contributed by atoms with E-state index in [1.165, 1.54) is 17.4 Å². The topological polar surface area (TPSA) is 70.2 Å². The van der Waals surface area contributed by atoms with Crippen LogP contribution in [0.25, 0.3) is 10.9 Å². The molecule has 0 bridgehead atoms. The van der Waals surface area contributed by atoms with E-state index in [-0.39, 0.29) is 22.5 Å². The van der Waals surface area contributed by atoms with Gasteiger partial charge >= 0.3 is 0 Å². The Morgan fingerprint density at radius 3 is 3.03 bits per heavy atom. The largest absolute Gasteiger partial charge is 0.381 e. The second-order valence-electron chi connectivity index (χ2n) is 7.92. The van der Waals surface area contributed by atoms with Crippen molar-refractivity contribution in [3.63, 3.8) is 0 Å². The van der Waals surface area contributed by atoms with E-state index >= 15 is 0 Å². The first-order chi connectivity index (χ1) is 15.0. The highest BCUT2D eigenvalue weighted by molar-refractivity contribution is 7.15. The van der Waals surface area contributed by atoms with Gasteiger partial charge in [-0.25, -0.2) is 18.2 Å². The number of aromatic amines is 1. The van der Waals surface area contributed by atoms with E-state index < -0.39 is 17.8 Å². The van der Waals surface area contributed by atoms with Crippen LogP contribution < -0.4 is 5.32 Å². The number of ether oxygens (including phenoxy) is 1. The molecule has 0 aliphatic carbocycles. The highest BCUT2D eigenvalue weighted by atomic mass is 32.1. The van der Waals surface area contributed by atoms with E-state index in [4.69, 9.17) is 4.74 Å². The molecule has 1 amide bonds. The first-order valence-electron chi connectivity index (χ1n) is 10.2. The van der Waals surface area contributed by atoms with Crippen LogP contribution in [0, 0.1) is 11.7 Å². The molecule has 1 atom stereocenters. The van der Waals surface area contributed by atoms with Crippen LogP contribution in [0.3, 0.4) is 0 Å². The minimum Gasteiger partial charge on any atom is -0.381 e. The maximum absolute atomic E-state index is 13.7. The summed E-state index contributed by atoms with van der Waals surface area (Å²) in [6.45, 7) is 3.27. The molecule has 3 aromatic rings. The summed E-state index contributed by atoms with van der Waals surface area (Å²) in [6, 6.07) is 3.33. The number of nitrogens with zero attached hydrogens (tertiary/aromatic N) is 2. The first-order valence-corrected chi connectivity index (χ1v) is 11.0. The highest BCUT2D eigenvalue weighted by Crippen LogP contribution is 2.32. The number of rotatable bonds is 5. The van der Waals surface area contributed by atoms with Crippen molar-refractivity contribution in [2.24, 2.45) is 5.92 Å². The Hall–Kier alpha value is -2.59. The average molecular weight is 450 g/mol. The lowest BCUT2D eigenvalue weighted by molar-refractivity contribution is 0.0731. The molecule has 31 heavy (non-hydrogen) atoms. The van der Waals surface area contributed by atoms with Gasteiger partial charge in [-0.3, -0.25) is 4.79 Å². The summed E-state index contributed by atoms with van der Waals surface area (Å²) in [5.41, 5.74) is 0.932. The first kappa shape index (κ1) is 20.3. The monoisotopic (exact) mass is 450 g/mol. The molecule has 10 heteroatoms. The number of H-pyrrole nitrogens is 1. The third kappa shape index (κ3) is 4.01. The summed E-state index contributed by atoms with van der Waals surface area (Å²) in [6.07, 6.45) is -1.15. The Morgan fingerprint density at radius 2 is 2.26 bits per heavy atom. The molecule has 2 N–H and O–H groups in total. The fourth-order valence-electron chi connectivity index (χ4n) is 4.12. The van der Waals surface area contributed by atoms with Gasteiger partial charge in [0.15, 0.2) is 5.13 Å². The second kappa shape index (κ2) is 8.16. The summed E-state index contributed by atoms with van der Waals surface area (Å²) in [5.74, 6) is -0.572. The van der Waals surface area contributed by atoms with Crippen molar-refractivity contribution >= 4 is 33.3 Å². The zero-order valence-electron chi connectivity index (χ0n) is 16.6. The number of fused-ring (bicyclic) bond motifs is 2. The molecule has 0 spiro atoms. The lowest BCUT2D eigenvalue weighted by Gasteiger charge is -2.25. The quantitative estimate of drug-likeness (QED) is 0.607. The molecule has 1 saturated heterocycles. The molecule has 5 rings (SSSR count). The molecule has 164 valence electrons. The molecule has 6 nitrogen and oxygen atoms in total.